The molecule has 0 saturated heterocycles. The van der Waals surface area contributed by atoms with Crippen molar-refractivity contribution in [2.75, 3.05) is 19.2 Å². The Hall–Kier alpha value is -1.84. The fourth-order valence-corrected chi connectivity index (χ4v) is 2.42. The maximum Gasteiger partial charge on any atom is 0.307 e. The summed E-state index contributed by atoms with van der Waals surface area (Å²) >= 11 is 10.4. The van der Waals surface area contributed by atoms with Crippen LogP contribution < -0.4 is 20.0 Å². The van der Waals surface area contributed by atoms with E-state index in [4.69, 9.17) is 26.2 Å². The Kier molecular flexibility index (Phi) is 4.66. The molecule has 0 amide bonds. The van der Waals surface area contributed by atoms with Gasteiger partial charge in [0.25, 0.3) is 0 Å². The van der Waals surface area contributed by atoms with Crippen molar-refractivity contribution in [1.82, 2.24) is 10.1 Å². The average Bonchev–Trinajstić information content (AvgIpc) is 2.86. The molecule has 1 aromatic rings. The minimum atomic E-state index is -1.03. The molecule has 0 atom stereocenters. The number of hydrogen-bond acceptors (Lipinski definition) is 8. The zero-order chi connectivity index (χ0) is 15.6. The molecule has 0 aromatic heterocycles. The SMILES string of the molecule is COc1cc(N2C=NNN2S)c(CC(=O)O)c(Cl)c1OC. The van der Waals surface area contributed by atoms with Gasteiger partial charge in [0.1, 0.15) is 6.34 Å². The van der Waals surface area contributed by atoms with Crippen molar-refractivity contribution in [1.29, 1.82) is 0 Å². The van der Waals surface area contributed by atoms with Crippen LogP contribution in [0.25, 0.3) is 0 Å². The first kappa shape index (κ1) is 15.5. The molecule has 0 aliphatic carbocycles. The lowest BCUT2D eigenvalue weighted by Gasteiger charge is -2.25. The Morgan fingerprint density at radius 1 is 1.52 bits per heavy atom. The van der Waals surface area contributed by atoms with Gasteiger partial charge in [-0.15, -0.1) is 0 Å². The zero-order valence-electron chi connectivity index (χ0n) is 11.2. The monoisotopic (exact) mass is 332 g/mol. The number of carbonyl (C=O) groups is 1. The molecule has 21 heavy (non-hydrogen) atoms. The number of ether oxygens (including phenoxy) is 2. The summed E-state index contributed by atoms with van der Waals surface area (Å²) in [4.78, 5) is 11.1. The second-order valence-corrected chi connectivity index (χ2v) is 4.73. The lowest BCUT2D eigenvalue weighted by molar-refractivity contribution is -0.136. The van der Waals surface area contributed by atoms with Crippen LogP contribution in [0.3, 0.4) is 0 Å². The fraction of sp³-hybridized carbons (Fsp3) is 0.273. The first-order chi connectivity index (χ1) is 9.99. The van der Waals surface area contributed by atoms with E-state index in [9.17, 15) is 4.79 Å². The van der Waals surface area contributed by atoms with Gasteiger partial charge in [-0.2, -0.15) is 5.10 Å². The standard InChI is InChI=1S/C11H13ClN4O4S/c1-19-8-4-7(15-5-13-14-16(15)21)6(3-9(17)18)10(12)11(8)20-2/h4-5,14,21H,3H2,1-2H3,(H,17,18). The van der Waals surface area contributed by atoms with Crippen LogP contribution in [0.5, 0.6) is 11.5 Å². The number of thiol groups is 1. The lowest BCUT2D eigenvalue weighted by Crippen LogP contribution is -2.36. The molecule has 1 heterocycles. The molecule has 1 aromatic carbocycles. The Labute approximate surface area is 131 Å². The molecule has 1 aliphatic rings. The summed E-state index contributed by atoms with van der Waals surface area (Å²) in [5.41, 5.74) is 3.38. The largest absolute Gasteiger partial charge is 0.493 e. The predicted molar refractivity (Wildman–Crippen MR) is 80.8 cm³/mol. The molecular formula is C11H13ClN4O4S. The first-order valence-electron chi connectivity index (χ1n) is 5.71. The van der Waals surface area contributed by atoms with E-state index in [2.05, 4.69) is 23.5 Å². The van der Waals surface area contributed by atoms with E-state index in [1.54, 1.807) is 6.07 Å². The first-order valence-corrected chi connectivity index (χ1v) is 6.49. The van der Waals surface area contributed by atoms with Gasteiger partial charge in [0.05, 0.1) is 31.4 Å². The highest BCUT2D eigenvalue weighted by molar-refractivity contribution is 7.77. The zero-order valence-corrected chi connectivity index (χ0v) is 12.9. The second kappa shape index (κ2) is 6.29. The van der Waals surface area contributed by atoms with Crippen LogP contribution in [-0.2, 0) is 11.2 Å². The smallest absolute Gasteiger partial charge is 0.307 e. The van der Waals surface area contributed by atoms with Crippen LogP contribution in [0.4, 0.5) is 5.69 Å². The maximum absolute atomic E-state index is 11.1. The molecule has 0 radical (unpaired) electrons. The van der Waals surface area contributed by atoms with E-state index >= 15 is 0 Å². The Morgan fingerprint density at radius 2 is 2.24 bits per heavy atom. The van der Waals surface area contributed by atoms with Gasteiger partial charge in [-0.05, 0) is 12.8 Å². The average molecular weight is 333 g/mol. The molecule has 10 heteroatoms. The highest BCUT2D eigenvalue weighted by atomic mass is 35.5. The van der Waals surface area contributed by atoms with Crippen LogP contribution in [0.15, 0.2) is 11.2 Å². The minimum absolute atomic E-state index is 0.163. The molecular weight excluding hydrogens is 320 g/mol. The van der Waals surface area contributed by atoms with Gasteiger partial charge in [-0.25, -0.2) is 10.5 Å². The number of nitrogens with zero attached hydrogens (tertiary/aromatic N) is 3. The van der Waals surface area contributed by atoms with E-state index in [0.29, 0.717) is 17.0 Å². The van der Waals surface area contributed by atoms with Gasteiger partial charge in [-0.3, -0.25) is 4.79 Å². The normalized spacial score (nSPS) is 14.2. The van der Waals surface area contributed by atoms with Crippen molar-refractivity contribution >= 4 is 42.4 Å². The summed E-state index contributed by atoms with van der Waals surface area (Å²) in [6.07, 6.45) is 1.14. The van der Waals surface area contributed by atoms with E-state index < -0.39 is 5.97 Å². The number of methoxy groups -OCH3 is 2. The summed E-state index contributed by atoms with van der Waals surface area (Å²) < 4.78 is 11.7. The van der Waals surface area contributed by atoms with Crippen LogP contribution in [0.2, 0.25) is 5.02 Å². The van der Waals surface area contributed by atoms with Gasteiger partial charge in [0.2, 0.25) is 0 Å². The second-order valence-electron chi connectivity index (χ2n) is 3.97. The number of hydrogen-bond donors (Lipinski definition) is 3. The molecule has 1 aliphatic heterocycles. The number of aliphatic carboxylic acids is 1. The molecule has 0 bridgehead atoms. The third-order valence-corrected chi connectivity index (χ3v) is 3.46. The number of anilines is 1. The van der Waals surface area contributed by atoms with E-state index in [1.165, 1.54) is 30.1 Å². The summed E-state index contributed by atoms with van der Waals surface area (Å²) in [6.45, 7) is 0. The van der Waals surface area contributed by atoms with E-state index in [0.717, 1.165) is 0 Å². The number of rotatable bonds is 5. The summed E-state index contributed by atoms with van der Waals surface area (Å²) in [5.74, 6) is -0.386. The van der Waals surface area contributed by atoms with Crippen molar-refractivity contribution < 1.29 is 19.4 Å². The third kappa shape index (κ3) is 2.94. The number of nitrogens with one attached hydrogen (secondary N) is 1. The lowest BCUT2D eigenvalue weighted by atomic mass is 10.1. The number of carboxylic acid groups (broad SMARTS) is 1. The van der Waals surface area contributed by atoms with Gasteiger partial charge >= 0.3 is 5.97 Å². The number of hydrazone groups is 1. The van der Waals surface area contributed by atoms with Crippen LogP contribution in [-0.4, -0.2) is 36.2 Å². The molecule has 114 valence electrons. The number of halogens is 1. The molecule has 0 fully saturated rings. The van der Waals surface area contributed by atoms with Gasteiger partial charge in [0, 0.05) is 11.6 Å². The van der Waals surface area contributed by atoms with Crippen LogP contribution in [0, 0.1) is 0 Å². The van der Waals surface area contributed by atoms with Crippen molar-refractivity contribution in [2.24, 2.45) is 5.10 Å². The van der Waals surface area contributed by atoms with Crippen LogP contribution in [0.1, 0.15) is 5.56 Å². The third-order valence-electron chi connectivity index (χ3n) is 2.78. The van der Waals surface area contributed by atoms with Gasteiger partial charge in [-0.1, -0.05) is 16.1 Å². The molecule has 2 rings (SSSR count). The number of carboxylic acids is 1. The number of hydrazine groups is 2. The van der Waals surface area contributed by atoms with Crippen molar-refractivity contribution in [3.8, 4) is 11.5 Å². The predicted octanol–water partition coefficient (Wildman–Crippen LogP) is 1.31. The maximum atomic E-state index is 11.1. The molecule has 2 N–H and O–H groups in total. The Balaban J connectivity index is 2.62. The highest BCUT2D eigenvalue weighted by Crippen LogP contribution is 2.43. The Morgan fingerprint density at radius 3 is 2.71 bits per heavy atom. The van der Waals surface area contributed by atoms with Crippen molar-refractivity contribution in [2.45, 2.75) is 6.42 Å². The van der Waals surface area contributed by atoms with Crippen molar-refractivity contribution in [3.05, 3.63) is 16.7 Å². The highest BCUT2D eigenvalue weighted by Gasteiger charge is 2.26. The summed E-state index contributed by atoms with van der Waals surface area (Å²) in [5, 5.41) is 14.5. The summed E-state index contributed by atoms with van der Waals surface area (Å²) in [7, 11) is 2.89. The van der Waals surface area contributed by atoms with Crippen molar-refractivity contribution in [3.63, 3.8) is 0 Å². The number of benzene rings is 1. The topological polar surface area (TPSA) is 86.6 Å². The van der Waals surface area contributed by atoms with E-state index in [1.807, 2.05) is 0 Å². The Bertz CT molecular complexity index is 598. The van der Waals surface area contributed by atoms with Gasteiger partial charge < -0.3 is 14.6 Å². The minimum Gasteiger partial charge on any atom is -0.493 e. The van der Waals surface area contributed by atoms with Gasteiger partial charge in [0.15, 0.2) is 11.5 Å². The summed E-state index contributed by atoms with van der Waals surface area (Å²) in [6, 6.07) is 1.60. The quantitative estimate of drug-likeness (QED) is 0.701. The van der Waals surface area contributed by atoms with Crippen LogP contribution >= 0.6 is 24.4 Å². The molecule has 0 unspecified atom stereocenters. The van der Waals surface area contributed by atoms with E-state index in [-0.39, 0.29) is 17.2 Å². The molecule has 0 saturated carbocycles. The fourth-order valence-electron chi connectivity index (χ4n) is 1.89. The molecule has 8 nitrogen and oxygen atoms in total. The molecule has 0 spiro atoms.